The van der Waals surface area contributed by atoms with E-state index in [1.54, 1.807) is 11.4 Å². The van der Waals surface area contributed by atoms with Crippen molar-refractivity contribution in [2.45, 2.75) is 18.9 Å². The van der Waals surface area contributed by atoms with Crippen molar-refractivity contribution in [2.24, 2.45) is 0 Å². The van der Waals surface area contributed by atoms with Gasteiger partial charge in [-0.1, -0.05) is 0 Å². The Balaban J connectivity index is 2.79. The molecule has 0 radical (unpaired) electrons. The van der Waals surface area contributed by atoms with Gasteiger partial charge in [-0.3, -0.25) is 0 Å². The molecule has 0 aliphatic heterocycles. The van der Waals surface area contributed by atoms with Crippen LogP contribution in [0.3, 0.4) is 0 Å². The lowest BCUT2D eigenvalue weighted by atomic mass is 10.0. The molecule has 1 heterocycles. The molecule has 1 atom stereocenters. The normalized spacial score (nSPS) is 14.4. The number of carboxylic acids is 1. The maximum absolute atomic E-state index is 10.6. The third-order valence-corrected chi connectivity index (χ3v) is 2.70. The highest BCUT2D eigenvalue weighted by molar-refractivity contribution is 7.10. The third-order valence-electron chi connectivity index (χ3n) is 1.76. The molecule has 5 heteroatoms. The summed E-state index contributed by atoms with van der Waals surface area (Å²) in [7, 11) is 0. The summed E-state index contributed by atoms with van der Waals surface area (Å²) in [5, 5.41) is 28.3. The monoisotopic (exact) mass is 211 g/mol. The largest absolute Gasteiger partial charge is 0.479 e. The van der Waals surface area contributed by atoms with Gasteiger partial charge in [0.15, 0.2) is 5.60 Å². The molecule has 1 aromatic rings. The molecule has 74 valence electrons. The zero-order chi connectivity index (χ0) is 10.8. The first-order valence-corrected chi connectivity index (χ1v) is 4.77. The van der Waals surface area contributed by atoms with Crippen molar-refractivity contribution in [3.8, 4) is 6.07 Å². The molecular weight excluding hydrogens is 202 g/mol. The smallest absolute Gasteiger partial charge is 0.335 e. The second-order valence-electron chi connectivity index (χ2n) is 3.17. The van der Waals surface area contributed by atoms with Gasteiger partial charge in [0.2, 0.25) is 0 Å². The Hall–Kier alpha value is -1.38. The fourth-order valence-electron chi connectivity index (χ4n) is 0.947. The van der Waals surface area contributed by atoms with E-state index in [2.05, 4.69) is 0 Å². The van der Waals surface area contributed by atoms with Crippen LogP contribution in [0, 0.1) is 11.3 Å². The van der Waals surface area contributed by atoms with Gasteiger partial charge in [0.05, 0.1) is 5.56 Å². The van der Waals surface area contributed by atoms with Crippen LogP contribution in [0.2, 0.25) is 0 Å². The van der Waals surface area contributed by atoms with Gasteiger partial charge in [-0.05, 0) is 13.0 Å². The van der Waals surface area contributed by atoms with Crippen LogP contribution < -0.4 is 0 Å². The fourth-order valence-corrected chi connectivity index (χ4v) is 1.91. The molecule has 0 spiro atoms. The maximum Gasteiger partial charge on any atom is 0.335 e. The molecule has 1 aromatic heterocycles. The first-order chi connectivity index (χ1) is 6.45. The van der Waals surface area contributed by atoms with E-state index in [-0.39, 0.29) is 6.42 Å². The second-order valence-corrected chi connectivity index (χ2v) is 4.17. The van der Waals surface area contributed by atoms with Crippen LogP contribution >= 0.6 is 11.3 Å². The number of aliphatic hydroxyl groups is 1. The lowest BCUT2D eigenvalue weighted by Gasteiger charge is -2.15. The van der Waals surface area contributed by atoms with Gasteiger partial charge in [0.25, 0.3) is 0 Å². The van der Waals surface area contributed by atoms with Crippen molar-refractivity contribution in [1.29, 1.82) is 5.26 Å². The highest BCUT2D eigenvalue weighted by Gasteiger charge is 2.30. The number of carboxylic acid groups (broad SMARTS) is 1. The topological polar surface area (TPSA) is 81.3 Å². The highest BCUT2D eigenvalue weighted by Crippen LogP contribution is 2.20. The van der Waals surface area contributed by atoms with E-state index in [1.807, 2.05) is 6.07 Å². The SMILES string of the molecule is CC(O)(Cc1cc(C#N)cs1)C(=O)O. The summed E-state index contributed by atoms with van der Waals surface area (Å²) in [4.78, 5) is 11.3. The van der Waals surface area contributed by atoms with Crippen LogP contribution in [-0.2, 0) is 11.2 Å². The molecule has 0 saturated heterocycles. The van der Waals surface area contributed by atoms with Crippen LogP contribution in [0.4, 0.5) is 0 Å². The Morgan fingerprint density at radius 3 is 2.86 bits per heavy atom. The number of nitriles is 1. The van der Waals surface area contributed by atoms with Crippen LogP contribution in [-0.4, -0.2) is 21.8 Å². The third kappa shape index (κ3) is 2.31. The number of nitrogens with zero attached hydrogens (tertiary/aromatic N) is 1. The molecule has 0 saturated carbocycles. The van der Waals surface area contributed by atoms with Gasteiger partial charge >= 0.3 is 5.97 Å². The summed E-state index contributed by atoms with van der Waals surface area (Å²) in [6, 6.07) is 3.53. The Kier molecular flexibility index (Phi) is 2.89. The standard InChI is InChI=1S/C9H9NO3S/c1-9(13,8(11)12)3-7-2-6(4-10)5-14-7/h2,5,13H,3H2,1H3,(H,11,12). The lowest BCUT2D eigenvalue weighted by molar-refractivity contribution is -0.156. The highest BCUT2D eigenvalue weighted by atomic mass is 32.1. The minimum absolute atomic E-state index is 0.0225. The summed E-state index contributed by atoms with van der Waals surface area (Å²) in [5.74, 6) is -1.26. The molecule has 0 aliphatic rings. The van der Waals surface area contributed by atoms with Crippen LogP contribution in [0.25, 0.3) is 0 Å². The zero-order valence-electron chi connectivity index (χ0n) is 7.52. The molecular formula is C9H9NO3S. The minimum Gasteiger partial charge on any atom is -0.479 e. The number of carbonyl (C=O) groups is 1. The van der Waals surface area contributed by atoms with E-state index in [0.29, 0.717) is 10.4 Å². The van der Waals surface area contributed by atoms with Crippen molar-refractivity contribution in [3.63, 3.8) is 0 Å². The number of thiophene rings is 1. The number of aliphatic carboxylic acids is 1. The van der Waals surface area contributed by atoms with Crippen molar-refractivity contribution in [2.75, 3.05) is 0 Å². The number of hydrogen-bond donors (Lipinski definition) is 2. The number of hydrogen-bond acceptors (Lipinski definition) is 4. The van der Waals surface area contributed by atoms with Gasteiger partial charge < -0.3 is 10.2 Å². The summed E-state index contributed by atoms with van der Waals surface area (Å²) in [6.45, 7) is 1.24. The molecule has 1 unspecified atom stereocenters. The summed E-state index contributed by atoms with van der Waals surface area (Å²) in [5.41, 5.74) is -1.27. The van der Waals surface area contributed by atoms with Crippen molar-refractivity contribution in [3.05, 3.63) is 21.9 Å². The van der Waals surface area contributed by atoms with Crippen molar-refractivity contribution < 1.29 is 15.0 Å². The quantitative estimate of drug-likeness (QED) is 0.781. The molecule has 4 nitrogen and oxygen atoms in total. The predicted octanol–water partition coefficient (Wildman–Crippen LogP) is 0.998. The summed E-state index contributed by atoms with van der Waals surface area (Å²) >= 11 is 1.27. The van der Waals surface area contributed by atoms with E-state index in [0.717, 1.165) is 0 Å². The average molecular weight is 211 g/mol. The first kappa shape index (κ1) is 10.7. The van der Waals surface area contributed by atoms with Gasteiger partial charge in [-0.25, -0.2) is 4.79 Å². The molecule has 0 aromatic carbocycles. The van der Waals surface area contributed by atoms with Crippen molar-refractivity contribution in [1.82, 2.24) is 0 Å². The first-order valence-electron chi connectivity index (χ1n) is 3.89. The van der Waals surface area contributed by atoms with Gasteiger partial charge in [-0.15, -0.1) is 11.3 Å². The molecule has 14 heavy (non-hydrogen) atoms. The molecule has 0 aliphatic carbocycles. The Morgan fingerprint density at radius 1 is 1.79 bits per heavy atom. The van der Waals surface area contributed by atoms with Gasteiger partial charge in [0, 0.05) is 16.7 Å². The average Bonchev–Trinajstić information content (AvgIpc) is 2.51. The number of rotatable bonds is 3. The molecule has 0 fully saturated rings. The predicted molar refractivity (Wildman–Crippen MR) is 51.0 cm³/mol. The zero-order valence-corrected chi connectivity index (χ0v) is 8.34. The van der Waals surface area contributed by atoms with Crippen LogP contribution in [0.5, 0.6) is 0 Å². The molecule has 2 N–H and O–H groups in total. The minimum atomic E-state index is -1.77. The van der Waals surface area contributed by atoms with Crippen LogP contribution in [0.15, 0.2) is 11.4 Å². The fraction of sp³-hybridized carbons (Fsp3) is 0.333. The van der Waals surface area contributed by atoms with E-state index in [4.69, 9.17) is 10.4 Å². The lowest BCUT2D eigenvalue weighted by Crippen LogP contribution is -2.36. The Morgan fingerprint density at radius 2 is 2.43 bits per heavy atom. The van der Waals surface area contributed by atoms with Crippen LogP contribution in [0.1, 0.15) is 17.4 Å². The van der Waals surface area contributed by atoms with E-state index in [1.165, 1.54) is 18.3 Å². The Bertz CT molecular complexity index is 389. The summed E-state index contributed by atoms with van der Waals surface area (Å²) in [6.07, 6.45) is 0.0225. The molecule has 1 rings (SSSR count). The second kappa shape index (κ2) is 3.78. The Labute approximate surface area is 85.0 Å². The van der Waals surface area contributed by atoms with Crippen molar-refractivity contribution >= 4 is 17.3 Å². The maximum atomic E-state index is 10.6. The van der Waals surface area contributed by atoms with Gasteiger partial charge in [-0.2, -0.15) is 5.26 Å². The van der Waals surface area contributed by atoms with E-state index in [9.17, 15) is 9.90 Å². The van der Waals surface area contributed by atoms with E-state index < -0.39 is 11.6 Å². The summed E-state index contributed by atoms with van der Waals surface area (Å²) < 4.78 is 0. The van der Waals surface area contributed by atoms with Gasteiger partial charge in [0.1, 0.15) is 6.07 Å². The molecule has 0 amide bonds. The van der Waals surface area contributed by atoms with E-state index >= 15 is 0 Å². The molecule has 0 bridgehead atoms.